The molecular formula is C20H15BrN6O2. The summed E-state index contributed by atoms with van der Waals surface area (Å²) in [5, 5.41) is 15.9. The molecule has 0 radical (unpaired) electrons. The second-order valence-electron chi connectivity index (χ2n) is 6.01. The van der Waals surface area contributed by atoms with Crippen LogP contribution in [0.1, 0.15) is 5.76 Å². The van der Waals surface area contributed by atoms with Gasteiger partial charge in [-0.15, -0.1) is 10.2 Å². The highest BCUT2D eigenvalue weighted by atomic mass is 79.9. The first kappa shape index (κ1) is 18.8. The number of furan rings is 1. The third-order valence-corrected chi connectivity index (χ3v) is 4.44. The van der Waals surface area contributed by atoms with Gasteiger partial charge in [-0.3, -0.25) is 4.79 Å². The zero-order valence-corrected chi connectivity index (χ0v) is 16.7. The van der Waals surface area contributed by atoms with Crippen molar-refractivity contribution in [3.8, 4) is 22.7 Å². The summed E-state index contributed by atoms with van der Waals surface area (Å²) < 4.78 is 6.70. The predicted octanol–water partition coefficient (Wildman–Crippen LogP) is 3.51. The van der Waals surface area contributed by atoms with Gasteiger partial charge in [-0.2, -0.15) is 9.90 Å². The Bertz CT molecular complexity index is 1140. The molecule has 2 aromatic carbocycles. The Balaban J connectivity index is 1.32. The Labute approximate surface area is 174 Å². The first-order valence-electron chi connectivity index (χ1n) is 8.68. The van der Waals surface area contributed by atoms with Crippen molar-refractivity contribution in [2.45, 2.75) is 6.54 Å². The highest BCUT2D eigenvalue weighted by Crippen LogP contribution is 2.23. The molecule has 2 heterocycles. The van der Waals surface area contributed by atoms with Gasteiger partial charge in [0.15, 0.2) is 0 Å². The lowest BCUT2D eigenvalue weighted by Gasteiger charge is -1.98. The molecule has 0 aliphatic rings. The van der Waals surface area contributed by atoms with Crippen LogP contribution in [0.2, 0.25) is 0 Å². The lowest BCUT2D eigenvalue weighted by Crippen LogP contribution is -2.24. The Hall–Kier alpha value is -3.59. The molecule has 0 saturated carbocycles. The molecule has 0 aliphatic carbocycles. The summed E-state index contributed by atoms with van der Waals surface area (Å²) in [6.45, 7) is -0.0977. The van der Waals surface area contributed by atoms with Crippen LogP contribution in [0, 0.1) is 0 Å². The second kappa shape index (κ2) is 8.61. The summed E-state index contributed by atoms with van der Waals surface area (Å²) in [4.78, 5) is 13.2. The third kappa shape index (κ3) is 4.82. The zero-order chi connectivity index (χ0) is 20.1. The van der Waals surface area contributed by atoms with Gasteiger partial charge >= 0.3 is 0 Å². The van der Waals surface area contributed by atoms with Crippen LogP contribution in [0.5, 0.6) is 0 Å². The number of tetrazole rings is 1. The molecule has 0 bridgehead atoms. The number of nitrogens with one attached hydrogen (secondary N) is 1. The van der Waals surface area contributed by atoms with Gasteiger partial charge in [-0.1, -0.05) is 58.4 Å². The van der Waals surface area contributed by atoms with Gasteiger partial charge in [0, 0.05) is 15.6 Å². The maximum absolute atomic E-state index is 12.0. The third-order valence-electron chi connectivity index (χ3n) is 3.91. The standard InChI is InChI=1S/C20H15BrN6O2/c21-16-8-6-14(7-9-16)18-11-10-17(29-18)12-22-23-19(28)13-27-25-20(24-26-27)15-4-2-1-3-5-15/h1-12H,13H2,(H,23,28). The second-order valence-corrected chi connectivity index (χ2v) is 6.93. The first-order valence-corrected chi connectivity index (χ1v) is 9.47. The lowest BCUT2D eigenvalue weighted by molar-refractivity contribution is -0.122. The molecule has 144 valence electrons. The molecule has 0 aliphatic heterocycles. The van der Waals surface area contributed by atoms with Crippen molar-refractivity contribution < 1.29 is 9.21 Å². The minimum atomic E-state index is -0.377. The van der Waals surface area contributed by atoms with Crippen LogP contribution in [0.25, 0.3) is 22.7 Å². The largest absolute Gasteiger partial charge is 0.455 e. The number of halogens is 1. The van der Waals surface area contributed by atoms with Crippen molar-refractivity contribution in [1.82, 2.24) is 25.6 Å². The summed E-state index contributed by atoms with van der Waals surface area (Å²) in [6, 6.07) is 20.8. The number of amides is 1. The van der Waals surface area contributed by atoms with E-state index < -0.39 is 0 Å². The molecule has 1 amide bonds. The van der Waals surface area contributed by atoms with E-state index in [0.29, 0.717) is 17.3 Å². The molecule has 4 rings (SSSR count). The molecule has 2 aromatic heterocycles. The molecule has 0 fully saturated rings. The minimum Gasteiger partial charge on any atom is -0.455 e. The van der Waals surface area contributed by atoms with Crippen LogP contribution in [0.4, 0.5) is 0 Å². The van der Waals surface area contributed by atoms with Crippen LogP contribution < -0.4 is 5.43 Å². The van der Waals surface area contributed by atoms with Crippen molar-refractivity contribution >= 4 is 28.1 Å². The summed E-state index contributed by atoms with van der Waals surface area (Å²) >= 11 is 3.40. The van der Waals surface area contributed by atoms with Gasteiger partial charge < -0.3 is 4.42 Å². The van der Waals surface area contributed by atoms with Gasteiger partial charge in [0.25, 0.3) is 5.91 Å². The van der Waals surface area contributed by atoms with E-state index in [1.54, 1.807) is 6.07 Å². The molecular weight excluding hydrogens is 436 g/mol. The number of carbonyl (C=O) groups is 1. The lowest BCUT2D eigenvalue weighted by atomic mass is 10.2. The van der Waals surface area contributed by atoms with E-state index in [-0.39, 0.29) is 12.5 Å². The number of benzene rings is 2. The molecule has 0 spiro atoms. The van der Waals surface area contributed by atoms with Gasteiger partial charge in [-0.25, -0.2) is 5.43 Å². The number of hydrogen-bond donors (Lipinski definition) is 1. The Morgan fingerprint density at radius 1 is 1.07 bits per heavy atom. The van der Waals surface area contributed by atoms with Gasteiger partial charge in [0.1, 0.15) is 18.1 Å². The maximum atomic E-state index is 12.0. The summed E-state index contributed by atoms with van der Waals surface area (Å²) in [5.41, 5.74) is 4.20. The number of nitrogens with zero attached hydrogens (tertiary/aromatic N) is 5. The SMILES string of the molecule is O=C(Cn1nnc(-c2ccccc2)n1)NN=Cc1ccc(-c2ccc(Br)cc2)o1. The molecule has 29 heavy (non-hydrogen) atoms. The van der Waals surface area contributed by atoms with Gasteiger partial charge in [0.2, 0.25) is 5.82 Å². The fraction of sp³-hybridized carbons (Fsp3) is 0.0500. The molecule has 1 N–H and O–H groups in total. The fourth-order valence-corrected chi connectivity index (χ4v) is 2.80. The van der Waals surface area contributed by atoms with Crippen molar-refractivity contribution in [3.05, 3.63) is 77.0 Å². The van der Waals surface area contributed by atoms with Gasteiger partial charge in [0.05, 0.1) is 6.21 Å². The monoisotopic (exact) mass is 450 g/mol. The van der Waals surface area contributed by atoms with Crippen LogP contribution in [0.15, 0.2) is 80.7 Å². The number of carbonyl (C=O) groups excluding carboxylic acids is 1. The van der Waals surface area contributed by atoms with Crippen LogP contribution in [-0.4, -0.2) is 32.3 Å². The smallest absolute Gasteiger partial charge is 0.263 e. The van der Waals surface area contributed by atoms with Crippen molar-refractivity contribution in [2.75, 3.05) is 0 Å². The number of aromatic nitrogens is 4. The number of hydrogen-bond acceptors (Lipinski definition) is 6. The van der Waals surface area contributed by atoms with E-state index in [1.165, 1.54) is 11.0 Å². The normalized spacial score (nSPS) is 11.1. The highest BCUT2D eigenvalue weighted by molar-refractivity contribution is 9.10. The quantitative estimate of drug-likeness (QED) is 0.358. The van der Waals surface area contributed by atoms with E-state index in [1.807, 2.05) is 60.7 Å². The molecule has 4 aromatic rings. The van der Waals surface area contributed by atoms with Crippen LogP contribution in [-0.2, 0) is 11.3 Å². The van der Waals surface area contributed by atoms with E-state index >= 15 is 0 Å². The Morgan fingerprint density at radius 2 is 1.86 bits per heavy atom. The Kier molecular flexibility index (Phi) is 5.57. The van der Waals surface area contributed by atoms with E-state index in [9.17, 15) is 4.79 Å². The van der Waals surface area contributed by atoms with Gasteiger partial charge in [-0.05, 0) is 29.5 Å². The fourth-order valence-electron chi connectivity index (χ4n) is 2.54. The average molecular weight is 451 g/mol. The van der Waals surface area contributed by atoms with Crippen LogP contribution >= 0.6 is 15.9 Å². The summed E-state index contributed by atoms with van der Waals surface area (Å²) in [7, 11) is 0. The molecule has 8 nitrogen and oxygen atoms in total. The summed E-state index contributed by atoms with van der Waals surface area (Å²) in [5.74, 6) is 1.31. The van der Waals surface area contributed by atoms with Crippen molar-refractivity contribution in [2.24, 2.45) is 5.10 Å². The zero-order valence-electron chi connectivity index (χ0n) is 15.1. The first-order chi connectivity index (χ1) is 14.2. The van der Waals surface area contributed by atoms with Crippen LogP contribution in [0.3, 0.4) is 0 Å². The van der Waals surface area contributed by atoms with E-state index in [2.05, 4.69) is 41.9 Å². The van der Waals surface area contributed by atoms with Crippen molar-refractivity contribution in [3.63, 3.8) is 0 Å². The van der Waals surface area contributed by atoms with E-state index in [4.69, 9.17) is 4.42 Å². The molecule has 0 atom stereocenters. The predicted molar refractivity (Wildman–Crippen MR) is 111 cm³/mol. The minimum absolute atomic E-state index is 0.0977. The summed E-state index contributed by atoms with van der Waals surface area (Å²) in [6.07, 6.45) is 1.43. The maximum Gasteiger partial charge on any atom is 0.263 e. The topological polar surface area (TPSA) is 98.2 Å². The van der Waals surface area contributed by atoms with E-state index in [0.717, 1.165) is 15.6 Å². The van der Waals surface area contributed by atoms with Crippen molar-refractivity contribution in [1.29, 1.82) is 0 Å². The number of rotatable bonds is 6. The molecule has 0 unspecified atom stereocenters. The number of hydrazone groups is 1. The average Bonchev–Trinajstić information content (AvgIpc) is 3.39. The Morgan fingerprint density at radius 3 is 2.66 bits per heavy atom. The highest BCUT2D eigenvalue weighted by Gasteiger charge is 2.08. The molecule has 0 saturated heterocycles. The molecule has 9 heteroatoms.